The summed E-state index contributed by atoms with van der Waals surface area (Å²) in [4.78, 5) is 33.3. The van der Waals surface area contributed by atoms with Crippen molar-refractivity contribution in [1.29, 1.82) is 0 Å². The highest BCUT2D eigenvalue weighted by molar-refractivity contribution is 6.04. The van der Waals surface area contributed by atoms with Crippen LogP contribution in [0.2, 0.25) is 0 Å². The number of nitrogens with one attached hydrogen (secondary N) is 1. The lowest BCUT2D eigenvalue weighted by atomic mass is 9.96. The van der Waals surface area contributed by atoms with Crippen molar-refractivity contribution in [1.82, 2.24) is 9.88 Å². The largest absolute Gasteiger partial charge is 0.481 e. The van der Waals surface area contributed by atoms with Gasteiger partial charge in [-0.25, -0.2) is 4.98 Å². The number of benzene rings is 2. The number of halogens is 5. The lowest BCUT2D eigenvalue weighted by molar-refractivity contribution is -0.142. The number of carboxylic acids is 1. The zero-order valence-electron chi connectivity index (χ0n) is 24.3. The fraction of sp³-hybridized carbons (Fsp3) is 0.406. The summed E-state index contributed by atoms with van der Waals surface area (Å²) in [6.07, 6.45) is 1.60. The first-order chi connectivity index (χ1) is 20.1. The van der Waals surface area contributed by atoms with Crippen molar-refractivity contribution < 1.29 is 27.9 Å². The number of rotatable bonds is 8. The van der Waals surface area contributed by atoms with Gasteiger partial charge in [0, 0.05) is 48.7 Å². The summed E-state index contributed by atoms with van der Waals surface area (Å²) < 4.78 is 39.4. The summed E-state index contributed by atoms with van der Waals surface area (Å²) in [5.74, 6) is -1.01. The number of piperidine rings is 1. The number of carboxylic acid groups (broad SMARTS) is 1. The molecule has 2 saturated heterocycles. The Labute approximate surface area is 267 Å². The van der Waals surface area contributed by atoms with Gasteiger partial charge in [0.05, 0.1) is 11.5 Å². The molecule has 7 nitrogen and oxygen atoms in total. The minimum atomic E-state index is -4.41. The van der Waals surface area contributed by atoms with Crippen LogP contribution >= 0.6 is 24.8 Å². The first-order valence-corrected chi connectivity index (χ1v) is 14.4. The van der Waals surface area contributed by atoms with Crippen molar-refractivity contribution in [2.75, 3.05) is 29.9 Å². The quantitative estimate of drug-likeness (QED) is 0.262. The van der Waals surface area contributed by atoms with Gasteiger partial charge in [0.1, 0.15) is 5.82 Å². The molecule has 0 unspecified atom stereocenters. The maximum atomic E-state index is 13.1. The Balaban J connectivity index is 0.00000264. The number of aliphatic carboxylic acids is 1. The van der Waals surface area contributed by atoms with E-state index in [1.54, 1.807) is 18.3 Å². The van der Waals surface area contributed by atoms with Crippen LogP contribution in [0.25, 0.3) is 11.1 Å². The number of pyridine rings is 1. The van der Waals surface area contributed by atoms with Crippen LogP contribution in [0.1, 0.15) is 60.5 Å². The Morgan fingerprint density at radius 3 is 2.23 bits per heavy atom. The molecule has 2 aliphatic rings. The van der Waals surface area contributed by atoms with Crippen molar-refractivity contribution in [2.24, 2.45) is 5.92 Å². The smallest absolute Gasteiger partial charge is 0.416 e. The van der Waals surface area contributed by atoms with Crippen LogP contribution in [0.5, 0.6) is 0 Å². The van der Waals surface area contributed by atoms with Gasteiger partial charge in [-0.1, -0.05) is 19.1 Å². The molecular formula is C32H37Cl2F3N4O3. The van der Waals surface area contributed by atoms with E-state index in [4.69, 9.17) is 0 Å². The average molecular weight is 654 g/mol. The molecule has 12 heteroatoms. The van der Waals surface area contributed by atoms with Gasteiger partial charge in [-0.3, -0.25) is 14.5 Å². The molecule has 44 heavy (non-hydrogen) atoms. The summed E-state index contributed by atoms with van der Waals surface area (Å²) >= 11 is 0. The summed E-state index contributed by atoms with van der Waals surface area (Å²) in [6.45, 7) is 5.00. The monoisotopic (exact) mass is 652 g/mol. The summed E-state index contributed by atoms with van der Waals surface area (Å²) in [6, 6.07) is 14.5. The zero-order valence-corrected chi connectivity index (χ0v) is 26.0. The van der Waals surface area contributed by atoms with E-state index < -0.39 is 17.7 Å². The second-order valence-electron chi connectivity index (χ2n) is 11.1. The molecule has 0 bridgehead atoms. The van der Waals surface area contributed by atoms with Crippen LogP contribution in [-0.2, 0) is 17.5 Å². The summed E-state index contributed by atoms with van der Waals surface area (Å²) in [5.41, 5.74) is 2.96. The minimum Gasteiger partial charge on any atom is -0.481 e. The van der Waals surface area contributed by atoms with Crippen molar-refractivity contribution in [3.05, 3.63) is 77.5 Å². The number of anilines is 2. The van der Waals surface area contributed by atoms with Crippen LogP contribution < -0.4 is 10.2 Å². The van der Waals surface area contributed by atoms with Crippen LogP contribution in [0.4, 0.5) is 24.7 Å². The number of likely N-dealkylation sites (tertiary alicyclic amines) is 1. The third kappa shape index (κ3) is 8.22. The first-order valence-electron chi connectivity index (χ1n) is 14.4. The van der Waals surface area contributed by atoms with Crippen molar-refractivity contribution in [3.63, 3.8) is 0 Å². The van der Waals surface area contributed by atoms with Crippen LogP contribution in [0.15, 0.2) is 60.8 Å². The molecule has 0 spiro atoms. The molecule has 3 aromatic rings. The van der Waals surface area contributed by atoms with E-state index in [2.05, 4.69) is 27.0 Å². The number of aromatic nitrogens is 1. The number of alkyl halides is 3. The van der Waals surface area contributed by atoms with Gasteiger partial charge < -0.3 is 15.3 Å². The number of nitrogens with zero attached hydrogens (tertiary/aromatic N) is 3. The Bertz CT molecular complexity index is 1410. The molecule has 1 aromatic heterocycles. The highest BCUT2D eigenvalue weighted by Gasteiger charge is 2.30. The molecule has 1 amide bonds. The molecule has 2 fully saturated rings. The fourth-order valence-corrected chi connectivity index (χ4v) is 5.98. The van der Waals surface area contributed by atoms with Gasteiger partial charge in [0.2, 0.25) is 0 Å². The molecule has 3 heterocycles. The van der Waals surface area contributed by atoms with E-state index in [0.717, 1.165) is 54.8 Å². The molecule has 2 N–H and O–H groups in total. The number of carbonyl (C=O) groups is 2. The number of hydrogen-bond acceptors (Lipinski definition) is 5. The Kier molecular flexibility index (Phi) is 12.1. The molecule has 238 valence electrons. The van der Waals surface area contributed by atoms with Gasteiger partial charge in [-0.05, 0) is 92.2 Å². The first kappa shape index (κ1) is 35.1. The normalized spacial score (nSPS) is 17.5. The number of hydrogen-bond donors (Lipinski definition) is 2. The second-order valence-corrected chi connectivity index (χ2v) is 11.1. The molecular weight excluding hydrogens is 616 g/mol. The van der Waals surface area contributed by atoms with E-state index in [-0.39, 0.29) is 36.6 Å². The van der Waals surface area contributed by atoms with Crippen LogP contribution in [-0.4, -0.2) is 52.5 Å². The topological polar surface area (TPSA) is 85.8 Å². The SMILES string of the molecule is CC[C@@H]1CCCN1Cc1cc(NC(=O)c2ccc(N3CCC(C(=O)O)CC3)cc2)ncc1-c1ccc(C(F)(F)F)cc1.Cl.Cl. The van der Waals surface area contributed by atoms with E-state index in [1.807, 2.05) is 18.2 Å². The standard InChI is InChI=1S/C32H35F3N4O3.2ClH/c1-2-26-4-3-15-39(26)20-24-18-29(36-19-28(24)21-5-9-25(10-6-21)32(33,34)35)37-30(40)22-7-11-27(12-8-22)38-16-13-23(14-17-38)31(41)42;;/h5-12,18-19,23,26H,2-4,13-17,20H2,1H3,(H,41,42)(H,36,37,40);2*1H/t26-;;/m1../s1. The maximum absolute atomic E-state index is 13.1. The second kappa shape index (κ2) is 15.1. The van der Waals surface area contributed by atoms with Crippen molar-refractivity contribution in [2.45, 2.75) is 57.8 Å². The van der Waals surface area contributed by atoms with Gasteiger partial charge in [0.25, 0.3) is 5.91 Å². The van der Waals surface area contributed by atoms with E-state index in [0.29, 0.717) is 55.5 Å². The molecule has 1 atom stereocenters. The molecule has 0 aliphatic carbocycles. The predicted octanol–water partition coefficient (Wildman–Crippen LogP) is 7.54. The van der Waals surface area contributed by atoms with E-state index in [9.17, 15) is 27.9 Å². The average Bonchev–Trinajstić information content (AvgIpc) is 3.44. The molecule has 0 radical (unpaired) electrons. The van der Waals surface area contributed by atoms with E-state index >= 15 is 0 Å². The van der Waals surface area contributed by atoms with Crippen LogP contribution in [0, 0.1) is 5.92 Å². The molecule has 2 aliphatic heterocycles. The van der Waals surface area contributed by atoms with Gasteiger partial charge in [-0.15, -0.1) is 24.8 Å². The van der Waals surface area contributed by atoms with Gasteiger partial charge in [0.15, 0.2) is 0 Å². The fourth-order valence-electron chi connectivity index (χ4n) is 5.98. The van der Waals surface area contributed by atoms with Crippen molar-refractivity contribution >= 4 is 48.2 Å². The molecule has 0 saturated carbocycles. The highest BCUT2D eigenvalue weighted by Crippen LogP contribution is 2.34. The van der Waals surface area contributed by atoms with E-state index in [1.165, 1.54) is 12.1 Å². The Morgan fingerprint density at radius 1 is 0.977 bits per heavy atom. The summed E-state index contributed by atoms with van der Waals surface area (Å²) in [7, 11) is 0. The minimum absolute atomic E-state index is 0. The predicted molar refractivity (Wildman–Crippen MR) is 170 cm³/mol. The lowest BCUT2D eigenvalue weighted by Crippen LogP contribution is -2.36. The molecule has 5 rings (SSSR count). The zero-order chi connectivity index (χ0) is 29.9. The third-order valence-electron chi connectivity index (χ3n) is 8.44. The number of carbonyl (C=O) groups excluding carboxylic acids is 1. The highest BCUT2D eigenvalue weighted by atomic mass is 35.5. The van der Waals surface area contributed by atoms with Gasteiger partial charge >= 0.3 is 12.1 Å². The maximum Gasteiger partial charge on any atom is 0.416 e. The van der Waals surface area contributed by atoms with Crippen LogP contribution in [0.3, 0.4) is 0 Å². The molecule has 2 aromatic carbocycles. The Hall–Kier alpha value is -3.34. The van der Waals surface area contributed by atoms with Crippen molar-refractivity contribution in [3.8, 4) is 11.1 Å². The summed E-state index contributed by atoms with van der Waals surface area (Å²) in [5, 5.41) is 12.1. The lowest BCUT2D eigenvalue weighted by Gasteiger charge is -2.32. The number of amides is 1. The van der Waals surface area contributed by atoms with Gasteiger partial charge in [-0.2, -0.15) is 13.2 Å². The Morgan fingerprint density at radius 2 is 1.64 bits per heavy atom. The third-order valence-corrected chi connectivity index (χ3v) is 8.44.